The van der Waals surface area contributed by atoms with Crippen molar-refractivity contribution in [2.75, 3.05) is 58.7 Å². The molecule has 1 aliphatic rings. The highest BCUT2D eigenvalue weighted by Gasteiger charge is 2.23. The zero-order valence-electron chi connectivity index (χ0n) is 21.7. The van der Waals surface area contributed by atoms with Gasteiger partial charge in [0.05, 0.1) is 11.4 Å². The molecular formula is C27H36N8O. The van der Waals surface area contributed by atoms with Gasteiger partial charge in [0.15, 0.2) is 0 Å². The van der Waals surface area contributed by atoms with Crippen LogP contribution in [0.15, 0.2) is 47.6 Å². The average molecular weight is 489 g/mol. The van der Waals surface area contributed by atoms with Crippen LogP contribution in [-0.4, -0.2) is 95.1 Å². The van der Waals surface area contributed by atoms with Crippen LogP contribution in [0.1, 0.15) is 36.5 Å². The Labute approximate surface area is 212 Å². The van der Waals surface area contributed by atoms with Gasteiger partial charge in [0.1, 0.15) is 5.69 Å². The Bertz CT molecular complexity index is 1240. The number of likely N-dealkylation sites (N-methyl/N-ethyl adjacent to an activating group) is 1. The number of hydrogen-bond donors (Lipinski definition) is 2. The average Bonchev–Trinajstić information content (AvgIpc) is 3.31. The Kier molecular flexibility index (Phi) is 8.45. The maximum absolute atomic E-state index is 13.1. The van der Waals surface area contributed by atoms with E-state index in [0.29, 0.717) is 11.6 Å². The van der Waals surface area contributed by atoms with Crippen LogP contribution in [0.25, 0.3) is 16.6 Å². The number of piperazine rings is 1. The molecule has 1 amide bonds. The van der Waals surface area contributed by atoms with E-state index < -0.39 is 0 Å². The first-order valence-electron chi connectivity index (χ1n) is 12.5. The lowest BCUT2D eigenvalue weighted by atomic mass is 10.2. The van der Waals surface area contributed by atoms with Crippen LogP contribution in [0.3, 0.4) is 0 Å². The van der Waals surface area contributed by atoms with Crippen molar-refractivity contribution in [1.29, 1.82) is 0 Å². The van der Waals surface area contributed by atoms with E-state index in [9.17, 15) is 4.79 Å². The van der Waals surface area contributed by atoms with Crippen molar-refractivity contribution in [2.24, 2.45) is 4.99 Å². The van der Waals surface area contributed by atoms with Crippen molar-refractivity contribution in [1.82, 2.24) is 29.7 Å². The third kappa shape index (κ3) is 6.35. The Balaban J connectivity index is 1.44. The van der Waals surface area contributed by atoms with Crippen molar-refractivity contribution in [3.63, 3.8) is 0 Å². The lowest BCUT2D eigenvalue weighted by Crippen LogP contribution is -2.50. The standard InChI is InChI=1S/C27H36N8O/c1-5-7-23(28-6-2)24-10-11-29-27(32-24)30-21-8-9-22-20(18-21)19-25(31-22)26(36)35-16-14-34(15-17-35)13-12-33(3)4/h6-11,18-19,31H,5,12-17H2,1-4H3,(H,29,30,32)/b23-7-,28-6?. The third-order valence-electron chi connectivity index (χ3n) is 6.21. The second-order valence-corrected chi connectivity index (χ2v) is 9.20. The molecule has 4 rings (SSSR count). The SMILES string of the molecule is CC=N/C(=C\CC)c1ccnc(Nc2ccc3[nH]c(C(=O)N4CCN(CCN(C)C)CC4)cc3c2)n1. The number of amides is 1. The highest BCUT2D eigenvalue weighted by Crippen LogP contribution is 2.24. The topological polar surface area (TPSA) is 92.7 Å². The molecule has 0 atom stereocenters. The number of carbonyl (C=O) groups excluding carboxylic acids is 1. The second kappa shape index (κ2) is 11.9. The summed E-state index contributed by atoms with van der Waals surface area (Å²) in [5, 5.41) is 4.25. The number of fused-ring (bicyclic) bond motifs is 1. The molecule has 1 fully saturated rings. The molecular weight excluding hydrogens is 452 g/mol. The quantitative estimate of drug-likeness (QED) is 0.445. The summed E-state index contributed by atoms with van der Waals surface area (Å²) in [4.78, 5) is 36.4. The van der Waals surface area contributed by atoms with Crippen molar-refractivity contribution in [3.8, 4) is 0 Å². The van der Waals surface area contributed by atoms with E-state index in [1.807, 2.05) is 48.2 Å². The first-order valence-corrected chi connectivity index (χ1v) is 12.5. The number of allylic oxidation sites excluding steroid dienone is 1. The molecule has 0 aliphatic carbocycles. The van der Waals surface area contributed by atoms with E-state index in [-0.39, 0.29) is 5.91 Å². The summed E-state index contributed by atoms with van der Waals surface area (Å²) in [5.74, 6) is 0.551. The number of hydrogen-bond acceptors (Lipinski definition) is 7. The van der Waals surface area contributed by atoms with Crippen molar-refractivity contribution < 1.29 is 4.79 Å². The van der Waals surface area contributed by atoms with Crippen LogP contribution in [-0.2, 0) is 0 Å². The predicted molar refractivity (Wildman–Crippen MR) is 147 cm³/mol. The summed E-state index contributed by atoms with van der Waals surface area (Å²) in [6, 6.07) is 9.72. The largest absolute Gasteiger partial charge is 0.351 e. The van der Waals surface area contributed by atoms with E-state index in [1.165, 1.54) is 0 Å². The van der Waals surface area contributed by atoms with Crippen LogP contribution >= 0.6 is 0 Å². The molecule has 0 radical (unpaired) electrons. The normalized spacial score (nSPS) is 15.4. The van der Waals surface area contributed by atoms with Crippen molar-refractivity contribution >= 4 is 40.4 Å². The summed E-state index contributed by atoms with van der Waals surface area (Å²) in [7, 11) is 4.17. The number of H-pyrrole nitrogens is 1. The number of aliphatic imine (C=N–C) groups is 1. The lowest BCUT2D eigenvalue weighted by Gasteiger charge is -2.35. The van der Waals surface area contributed by atoms with Gasteiger partial charge < -0.3 is 20.1 Å². The predicted octanol–water partition coefficient (Wildman–Crippen LogP) is 3.86. The van der Waals surface area contributed by atoms with E-state index in [0.717, 1.165) is 73.7 Å². The summed E-state index contributed by atoms with van der Waals surface area (Å²) < 4.78 is 0. The third-order valence-corrected chi connectivity index (χ3v) is 6.21. The van der Waals surface area contributed by atoms with Gasteiger partial charge in [-0.2, -0.15) is 0 Å². The number of nitrogens with one attached hydrogen (secondary N) is 2. The van der Waals surface area contributed by atoms with Crippen molar-refractivity contribution in [2.45, 2.75) is 20.3 Å². The molecule has 0 bridgehead atoms. The summed E-state index contributed by atoms with van der Waals surface area (Å²) >= 11 is 0. The minimum Gasteiger partial charge on any atom is -0.351 e. The van der Waals surface area contributed by atoms with Gasteiger partial charge in [0.25, 0.3) is 5.91 Å². The fourth-order valence-corrected chi connectivity index (χ4v) is 4.26. The fraction of sp³-hybridized carbons (Fsp3) is 0.407. The van der Waals surface area contributed by atoms with E-state index >= 15 is 0 Å². The molecule has 1 saturated heterocycles. The van der Waals surface area contributed by atoms with Gasteiger partial charge in [-0.3, -0.25) is 14.7 Å². The molecule has 2 aromatic heterocycles. The summed E-state index contributed by atoms with van der Waals surface area (Å²) in [6.07, 6.45) is 6.41. The molecule has 1 aliphatic heterocycles. The first kappa shape index (κ1) is 25.5. The number of carbonyl (C=O) groups is 1. The molecule has 190 valence electrons. The number of anilines is 2. The van der Waals surface area contributed by atoms with Crippen LogP contribution in [0.4, 0.5) is 11.6 Å². The molecule has 0 spiro atoms. The number of aromatic amines is 1. The van der Waals surface area contributed by atoms with Gasteiger partial charge in [-0.05, 0) is 57.8 Å². The van der Waals surface area contributed by atoms with Gasteiger partial charge >= 0.3 is 0 Å². The molecule has 36 heavy (non-hydrogen) atoms. The van der Waals surface area contributed by atoms with Gasteiger partial charge in [-0.1, -0.05) is 13.0 Å². The molecule has 0 unspecified atom stereocenters. The lowest BCUT2D eigenvalue weighted by molar-refractivity contribution is 0.0625. The molecule has 0 saturated carbocycles. The summed E-state index contributed by atoms with van der Waals surface area (Å²) in [5.41, 5.74) is 3.99. The molecule has 3 aromatic rings. The maximum Gasteiger partial charge on any atom is 0.270 e. The number of benzene rings is 1. The Morgan fingerprint density at radius 1 is 1.19 bits per heavy atom. The van der Waals surface area contributed by atoms with Crippen LogP contribution in [0.2, 0.25) is 0 Å². The number of aromatic nitrogens is 3. The van der Waals surface area contributed by atoms with Gasteiger partial charge in [-0.15, -0.1) is 0 Å². The zero-order valence-corrected chi connectivity index (χ0v) is 21.7. The zero-order chi connectivity index (χ0) is 25.5. The maximum atomic E-state index is 13.1. The highest BCUT2D eigenvalue weighted by atomic mass is 16.2. The summed E-state index contributed by atoms with van der Waals surface area (Å²) in [6.45, 7) is 9.34. The van der Waals surface area contributed by atoms with Crippen LogP contribution < -0.4 is 5.32 Å². The van der Waals surface area contributed by atoms with E-state index in [4.69, 9.17) is 0 Å². The molecule has 2 N–H and O–H groups in total. The molecule has 3 heterocycles. The first-order chi connectivity index (χ1) is 17.5. The number of rotatable bonds is 9. The van der Waals surface area contributed by atoms with Gasteiger partial charge in [-0.25, -0.2) is 9.97 Å². The van der Waals surface area contributed by atoms with Crippen LogP contribution in [0, 0.1) is 0 Å². The Hall–Kier alpha value is -3.56. The smallest absolute Gasteiger partial charge is 0.270 e. The Morgan fingerprint density at radius 3 is 2.72 bits per heavy atom. The monoisotopic (exact) mass is 488 g/mol. The van der Waals surface area contributed by atoms with Gasteiger partial charge in [0.2, 0.25) is 5.95 Å². The molecule has 9 nitrogen and oxygen atoms in total. The molecule has 1 aromatic carbocycles. The van der Waals surface area contributed by atoms with Crippen LogP contribution in [0.5, 0.6) is 0 Å². The molecule has 9 heteroatoms. The minimum absolute atomic E-state index is 0.0516. The van der Waals surface area contributed by atoms with Crippen molar-refractivity contribution in [3.05, 3.63) is 54.0 Å². The van der Waals surface area contributed by atoms with E-state index in [2.05, 4.69) is 56.1 Å². The second-order valence-electron chi connectivity index (χ2n) is 9.20. The minimum atomic E-state index is 0.0516. The van der Waals surface area contributed by atoms with E-state index in [1.54, 1.807) is 12.4 Å². The van der Waals surface area contributed by atoms with Gasteiger partial charge in [0, 0.05) is 68.3 Å². The Morgan fingerprint density at radius 2 is 2.00 bits per heavy atom. The number of nitrogens with zero attached hydrogens (tertiary/aromatic N) is 6. The fourth-order valence-electron chi connectivity index (χ4n) is 4.26. The highest BCUT2D eigenvalue weighted by molar-refractivity contribution is 5.98.